The zero-order valence-corrected chi connectivity index (χ0v) is 14.9. The highest BCUT2D eigenvalue weighted by Gasteiger charge is 2.26. The summed E-state index contributed by atoms with van der Waals surface area (Å²) in [5.74, 6) is 0.858. The highest BCUT2D eigenvalue weighted by Crippen LogP contribution is 2.33. The molecule has 114 valence electrons. The first kappa shape index (κ1) is 16.8. The molecule has 5 nitrogen and oxygen atoms in total. The van der Waals surface area contributed by atoms with Crippen LogP contribution in [0.25, 0.3) is 0 Å². The summed E-state index contributed by atoms with van der Waals surface area (Å²) in [7, 11) is -3.91. The van der Waals surface area contributed by atoms with Gasteiger partial charge in [0, 0.05) is 4.47 Å². The minimum atomic E-state index is -3.91. The van der Waals surface area contributed by atoms with E-state index >= 15 is 0 Å². The largest absolute Gasteiger partial charge is 0.444 e. The molecule has 1 heterocycles. The Morgan fingerprint density at radius 1 is 1.33 bits per heavy atom. The van der Waals surface area contributed by atoms with Crippen molar-refractivity contribution < 1.29 is 12.8 Å². The van der Waals surface area contributed by atoms with Crippen LogP contribution >= 0.6 is 39.1 Å². The first-order chi connectivity index (χ1) is 9.70. The number of oxazole rings is 1. The number of aryl methyl sites for hydroxylation is 1. The summed E-state index contributed by atoms with van der Waals surface area (Å²) in [5.41, 5.74) is 0. The van der Waals surface area contributed by atoms with Crippen molar-refractivity contribution in [2.75, 3.05) is 0 Å². The standard InChI is InChI=1S/C12H11BrCl2N2O3S/c1-6-5-16-12(20-6)7(2)17-21(18,19)11-9(14)3-8(13)4-10(11)15/h3-5,7,17H,1-2H3. The summed E-state index contributed by atoms with van der Waals surface area (Å²) in [6.45, 7) is 3.34. The molecular formula is C12H11BrCl2N2O3S. The second-order valence-corrected chi connectivity index (χ2v) is 7.73. The predicted octanol–water partition coefficient (Wildman–Crippen LogP) is 4.09. The van der Waals surface area contributed by atoms with Crippen molar-refractivity contribution in [3.8, 4) is 0 Å². The van der Waals surface area contributed by atoms with E-state index in [0.717, 1.165) is 0 Å². The lowest BCUT2D eigenvalue weighted by atomic mass is 10.4. The number of aromatic nitrogens is 1. The van der Waals surface area contributed by atoms with Gasteiger partial charge in [0.15, 0.2) is 0 Å². The fourth-order valence-electron chi connectivity index (χ4n) is 1.70. The van der Waals surface area contributed by atoms with Crippen LogP contribution in [0.1, 0.15) is 24.6 Å². The second kappa shape index (κ2) is 6.26. The van der Waals surface area contributed by atoms with E-state index in [4.69, 9.17) is 27.6 Å². The Morgan fingerprint density at radius 3 is 2.38 bits per heavy atom. The van der Waals surface area contributed by atoms with Crippen LogP contribution in [-0.2, 0) is 10.0 Å². The number of rotatable bonds is 4. The van der Waals surface area contributed by atoms with Crippen molar-refractivity contribution >= 4 is 49.2 Å². The normalized spacial score (nSPS) is 13.4. The van der Waals surface area contributed by atoms with Gasteiger partial charge >= 0.3 is 0 Å². The topological polar surface area (TPSA) is 72.2 Å². The summed E-state index contributed by atoms with van der Waals surface area (Å²) in [6, 6.07) is 2.27. The second-order valence-electron chi connectivity index (χ2n) is 4.35. The van der Waals surface area contributed by atoms with E-state index in [1.165, 1.54) is 18.3 Å². The summed E-state index contributed by atoms with van der Waals surface area (Å²) < 4.78 is 33.1. The van der Waals surface area contributed by atoms with Crippen LogP contribution in [0.3, 0.4) is 0 Å². The molecule has 1 aromatic heterocycles. The molecule has 2 rings (SSSR count). The van der Waals surface area contributed by atoms with Crippen molar-refractivity contribution in [2.24, 2.45) is 0 Å². The molecule has 0 radical (unpaired) electrons. The Hall–Kier alpha value is -0.600. The monoisotopic (exact) mass is 412 g/mol. The van der Waals surface area contributed by atoms with E-state index in [-0.39, 0.29) is 20.8 Å². The van der Waals surface area contributed by atoms with E-state index in [0.29, 0.717) is 10.2 Å². The molecule has 0 saturated heterocycles. The van der Waals surface area contributed by atoms with Gasteiger partial charge in [0.05, 0.1) is 22.3 Å². The molecule has 9 heteroatoms. The number of halogens is 3. The van der Waals surface area contributed by atoms with Gasteiger partial charge in [0.2, 0.25) is 15.9 Å². The lowest BCUT2D eigenvalue weighted by Crippen LogP contribution is -2.27. The maximum atomic E-state index is 12.4. The predicted molar refractivity (Wildman–Crippen MR) is 84.1 cm³/mol. The fourth-order valence-corrected chi connectivity index (χ4v) is 4.83. The SMILES string of the molecule is Cc1cnc(C(C)NS(=O)(=O)c2c(Cl)cc(Br)cc2Cl)o1. The van der Waals surface area contributed by atoms with Crippen LogP contribution in [-0.4, -0.2) is 13.4 Å². The van der Waals surface area contributed by atoms with E-state index in [9.17, 15) is 8.42 Å². The zero-order chi connectivity index (χ0) is 15.8. The molecule has 0 fully saturated rings. The fraction of sp³-hybridized carbons (Fsp3) is 0.250. The number of hydrogen-bond acceptors (Lipinski definition) is 4. The Balaban J connectivity index is 2.35. The van der Waals surface area contributed by atoms with Gasteiger partial charge < -0.3 is 4.42 Å². The summed E-state index contributed by atoms with van der Waals surface area (Å²) in [5, 5.41) is 0.0512. The van der Waals surface area contributed by atoms with Crippen molar-refractivity contribution in [1.29, 1.82) is 0 Å². The smallest absolute Gasteiger partial charge is 0.244 e. The van der Waals surface area contributed by atoms with Crippen molar-refractivity contribution in [1.82, 2.24) is 9.71 Å². The number of sulfonamides is 1. The molecular weight excluding hydrogens is 403 g/mol. The van der Waals surface area contributed by atoms with Gasteiger partial charge in [-0.15, -0.1) is 0 Å². The maximum Gasteiger partial charge on any atom is 0.244 e. The Morgan fingerprint density at radius 2 is 1.90 bits per heavy atom. The Labute approximate surface area is 140 Å². The molecule has 0 amide bonds. The maximum absolute atomic E-state index is 12.4. The van der Waals surface area contributed by atoms with Gasteiger partial charge in [-0.25, -0.2) is 13.4 Å². The minimum absolute atomic E-state index is 0.0256. The number of hydrogen-bond donors (Lipinski definition) is 1. The van der Waals surface area contributed by atoms with Crippen LogP contribution in [0.5, 0.6) is 0 Å². The van der Waals surface area contributed by atoms with Crippen LogP contribution in [0.2, 0.25) is 10.0 Å². The molecule has 0 aliphatic rings. The highest BCUT2D eigenvalue weighted by molar-refractivity contribution is 9.10. The number of benzene rings is 1. The van der Waals surface area contributed by atoms with E-state index in [1.807, 2.05) is 0 Å². The van der Waals surface area contributed by atoms with E-state index in [1.54, 1.807) is 13.8 Å². The average Bonchev–Trinajstić information content (AvgIpc) is 2.73. The minimum Gasteiger partial charge on any atom is -0.444 e. The lowest BCUT2D eigenvalue weighted by molar-refractivity contribution is 0.428. The van der Waals surface area contributed by atoms with Gasteiger partial charge in [-0.05, 0) is 26.0 Å². The zero-order valence-electron chi connectivity index (χ0n) is 11.0. The third kappa shape index (κ3) is 3.78. The Kier molecular flexibility index (Phi) is 4.99. The molecule has 1 N–H and O–H groups in total. The number of nitrogens with one attached hydrogen (secondary N) is 1. The first-order valence-corrected chi connectivity index (χ1v) is 8.83. The van der Waals surface area contributed by atoms with Crippen LogP contribution in [0.4, 0.5) is 0 Å². The van der Waals surface area contributed by atoms with Gasteiger partial charge in [0.1, 0.15) is 10.7 Å². The molecule has 0 aliphatic heterocycles. The third-order valence-electron chi connectivity index (χ3n) is 2.57. The Bertz CT molecular complexity index is 754. The third-order valence-corrected chi connectivity index (χ3v) is 5.49. The van der Waals surface area contributed by atoms with Crippen molar-refractivity contribution in [3.05, 3.63) is 44.5 Å². The summed E-state index contributed by atoms with van der Waals surface area (Å²) in [6.07, 6.45) is 1.51. The summed E-state index contributed by atoms with van der Waals surface area (Å²) in [4.78, 5) is 3.81. The van der Waals surface area contributed by atoms with Gasteiger partial charge in [-0.3, -0.25) is 0 Å². The molecule has 0 saturated carbocycles. The average molecular weight is 414 g/mol. The van der Waals surface area contributed by atoms with Crippen molar-refractivity contribution in [2.45, 2.75) is 24.8 Å². The van der Waals surface area contributed by atoms with E-state index in [2.05, 4.69) is 25.6 Å². The van der Waals surface area contributed by atoms with E-state index < -0.39 is 16.1 Å². The summed E-state index contributed by atoms with van der Waals surface area (Å²) >= 11 is 15.2. The van der Waals surface area contributed by atoms with Crippen LogP contribution < -0.4 is 4.72 Å². The van der Waals surface area contributed by atoms with Gasteiger partial charge in [-0.1, -0.05) is 39.1 Å². The quantitative estimate of drug-likeness (QED) is 0.819. The van der Waals surface area contributed by atoms with Crippen LogP contribution in [0, 0.1) is 6.92 Å². The van der Waals surface area contributed by atoms with Crippen LogP contribution in [0.15, 0.2) is 32.1 Å². The lowest BCUT2D eigenvalue weighted by Gasteiger charge is -2.13. The molecule has 0 aliphatic carbocycles. The highest BCUT2D eigenvalue weighted by atomic mass is 79.9. The van der Waals surface area contributed by atoms with Crippen molar-refractivity contribution in [3.63, 3.8) is 0 Å². The molecule has 2 aromatic rings. The molecule has 1 aromatic carbocycles. The first-order valence-electron chi connectivity index (χ1n) is 5.80. The molecule has 0 bridgehead atoms. The number of nitrogens with zero attached hydrogens (tertiary/aromatic N) is 1. The molecule has 1 atom stereocenters. The molecule has 0 spiro atoms. The van der Waals surface area contributed by atoms with Gasteiger partial charge in [0.25, 0.3) is 0 Å². The van der Waals surface area contributed by atoms with Gasteiger partial charge in [-0.2, -0.15) is 4.72 Å². The molecule has 21 heavy (non-hydrogen) atoms. The molecule has 1 unspecified atom stereocenters.